The predicted octanol–water partition coefficient (Wildman–Crippen LogP) is 4.94. The van der Waals surface area contributed by atoms with Crippen molar-refractivity contribution in [2.24, 2.45) is 5.92 Å². The molecule has 6 aliphatic heterocycles. The molecule has 15 heteroatoms. The van der Waals surface area contributed by atoms with Gasteiger partial charge < -0.3 is 19.4 Å². The number of nitrogens with one attached hydrogen (secondary N) is 1. The van der Waals surface area contributed by atoms with Gasteiger partial charge in [-0.05, 0) is 80.5 Å². The minimum Gasteiger partial charge on any atom is -0.490 e. The fourth-order valence-electron chi connectivity index (χ4n) is 9.80. The highest BCUT2D eigenvalue weighted by Gasteiger charge is 2.46. The van der Waals surface area contributed by atoms with Gasteiger partial charge >= 0.3 is 0 Å². The molecule has 2 bridgehead atoms. The summed E-state index contributed by atoms with van der Waals surface area (Å²) in [4.78, 5) is 82.6. The van der Waals surface area contributed by atoms with E-state index in [9.17, 15) is 24.0 Å². The van der Waals surface area contributed by atoms with Crippen LogP contribution in [0.15, 0.2) is 54.7 Å². The van der Waals surface area contributed by atoms with E-state index in [-0.39, 0.29) is 36.9 Å². The molecule has 7 heterocycles. The van der Waals surface area contributed by atoms with Crippen molar-refractivity contribution in [3.8, 4) is 5.75 Å². The SMILES string of the molecule is [C-]#[N+]c1ccc(OC2CC3CCC(C2)N3C(=O)c2ccc(N3CCN(CC4CCN(c5ccc6c(c5)C(=O)N(C5CCC(=O)NC5=O)C6=O)CC4)CC3)nc2)cc1Cl. The molecule has 3 atom stereocenters. The number of hydrogen-bond acceptors (Lipinski definition) is 10. The topological polar surface area (TPSA) is 140 Å². The molecule has 5 amide bonds. The average Bonchev–Trinajstić information content (AvgIpc) is 3.65. The fraction of sp³-hybridized carbons (Fsp3) is 0.465. The molecule has 300 valence electrons. The molecule has 0 aliphatic carbocycles. The van der Waals surface area contributed by atoms with Crippen LogP contribution in [-0.4, -0.2) is 119 Å². The summed E-state index contributed by atoms with van der Waals surface area (Å²) in [5.41, 5.74) is 2.52. The summed E-state index contributed by atoms with van der Waals surface area (Å²) in [7, 11) is 0. The first-order chi connectivity index (χ1) is 28.1. The zero-order valence-electron chi connectivity index (χ0n) is 32.1. The smallest absolute Gasteiger partial charge is 0.262 e. The van der Waals surface area contributed by atoms with E-state index < -0.39 is 29.7 Å². The number of benzene rings is 2. The summed E-state index contributed by atoms with van der Waals surface area (Å²) in [5.74, 6) is 0.152. The Morgan fingerprint density at radius 2 is 1.59 bits per heavy atom. The van der Waals surface area contributed by atoms with Gasteiger partial charge in [0.1, 0.15) is 23.7 Å². The van der Waals surface area contributed by atoms with Gasteiger partial charge in [0.2, 0.25) is 17.5 Å². The van der Waals surface area contributed by atoms with Crippen LogP contribution in [0.1, 0.15) is 82.4 Å². The lowest BCUT2D eigenvalue weighted by molar-refractivity contribution is -0.136. The Morgan fingerprint density at radius 3 is 2.26 bits per heavy atom. The number of aromatic nitrogens is 1. The largest absolute Gasteiger partial charge is 0.490 e. The van der Waals surface area contributed by atoms with Gasteiger partial charge in [-0.2, -0.15) is 0 Å². The van der Waals surface area contributed by atoms with E-state index in [1.807, 2.05) is 23.1 Å². The van der Waals surface area contributed by atoms with Crippen LogP contribution in [0.4, 0.5) is 17.2 Å². The zero-order chi connectivity index (χ0) is 40.1. The van der Waals surface area contributed by atoms with Crippen molar-refractivity contribution in [1.29, 1.82) is 0 Å². The number of carbonyl (C=O) groups is 5. The second-order valence-corrected chi connectivity index (χ2v) is 16.7. The number of nitrogens with zero attached hydrogens (tertiary/aromatic N) is 7. The highest BCUT2D eigenvalue weighted by molar-refractivity contribution is 6.33. The molecule has 3 unspecified atom stereocenters. The van der Waals surface area contributed by atoms with E-state index in [4.69, 9.17) is 27.9 Å². The summed E-state index contributed by atoms with van der Waals surface area (Å²) in [5, 5.41) is 2.63. The molecule has 2 aromatic carbocycles. The van der Waals surface area contributed by atoms with Crippen LogP contribution < -0.4 is 19.9 Å². The van der Waals surface area contributed by atoms with E-state index in [1.165, 1.54) is 0 Å². The monoisotopic (exact) mass is 804 g/mol. The van der Waals surface area contributed by atoms with Crippen LogP contribution in [0.2, 0.25) is 5.02 Å². The van der Waals surface area contributed by atoms with Crippen molar-refractivity contribution < 1.29 is 28.7 Å². The van der Waals surface area contributed by atoms with Crippen LogP contribution in [-0.2, 0) is 9.59 Å². The first-order valence-corrected chi connectivity index (χ1v) is 20.7. The minimum absolute atomic E-state index is 0.0103. The number of ether oxygens (including phenoxy) is 1. The molecular formula is C43H45ClN8O6. The average molecular weight is 805 g/mol. The van der Waals surface area contributed by atoms with Gasteiger partial charge in [0.25, 0.3) is 17.7 Å². The molecule has 9 rings (SSSR count). The number of rotatable bonds is 8. The maximum absolute atomic E-state index is 13.7. The van der Waals surface area contributed by atoms with Gasteiger partial charge in [-0.3, -0.25) is 39.1 Å². The van der Waals surface area contributed by atoms with Crippen molar-refractivity contribution in [3.63, 3.8) is 0 Å². The molecule has 0 radical (unpaired) electrons. The summed E-state index contributed by atoms with van der Waals surface area (Å²) in [6, 6.07) is 13.7. The summed E-state index contributed by atoms with van der Waals surface area (Å²) >= 11 is 6.23. The number of amides is 5. The van der Waals surface area contributed by atoms with Crippen molar-refractivity contribution in [2.45, 2.75) is 75.6 Å². The standard InChI is InChI=1S/C43H45ClN8O6/c1-45-36-8-6-31(23-35(36)44)58-32-20-29-3-4-30(21-32)51(29)41(55)27-2-10-38(46-24-27)50-18-16-48(17-19-50)25-26-12-14-49(15-13-26)28-5-7-33-34(22-28)43(57)52(42(33)56)37-9-11-39(53)47-40(37)54/h2,5-8,10,22-24,26,29-30,32,37H,3-4,9,11-21,25H2,(H,47,53,54). The first kappa shape index (κ1) is 38.0. The minimum atomic E-state index is -0.972. The molecule has 5 saturated heterocycles. The number of piperazine rings is 1. The Kier molecular flexibility index (Phi) is 10.3. The summed E-state index contributed by atoms with van der Waals surface area (Å²) in [6.45, 7) is 13.5. The number of carbonyl (C=O) groups excluding carboxylic acids is 5. The number of pyridine rings is 1. The normalized spacial score (nSPS) is 25.2. The molecule has 6 aliphatic rings. The van der Waals surface area contributed by atoms with Crippen molar-refractivity contribution in [3.05, 3.63) is 87.9 Å². The lowest BCUT2D eigenvalue weighted by Crippen LogP contribution is -2.54. The highest BCUT2D eigenvalue weighted by Crippen LogP contribution is 2.39. The highest BCUT2D eigenvalue weighted by atomic mass is 35.5. The van der Waals surface area contributed by atoms with Crippen molar-refractivity contribution in [1.82, 2.24) is 25.0 Å². The molecular weight excluding hydrogens is 760 g/mol. The summed E-state index contributed by atoms with van der Waals surface area (Å²) < 4.78 is 6.26. The van der Waals surface area contributed by atoms with Gasteiger partial charge in [0.05, 0.1) is 28.3 Å². The van der Waals surface area contributed by atoms with Crippen LogP contribution in [0.25, 0.3) is 4.85 Å². The predicted molar refractivity (Wildman–Crippen MR) is 215 cm³/mol. The van der Waals surface area contributed by atoms with E-state index in [0.29, 0.717) is 39.1 Å². The molecule has 1 aromatic heterocycles. The van der Waals surface area contributed by atoms with Crippen molar-refractivity contribution in [2.75, 3.05) is 55.6 Å². The van der Waals surface area contributed by atoms with Gasteiger partial charge in [-0.15, -0.1) is 0 Å². The number of hydrogen-bond donors (Lipinski definition) is 1. The lowest BCUT2D eigenvalue weighted by atomic mass is 9.95. The van der Waals surface area contributed by atoms with Crippen LogP contribution in [0.3, 0.4) is 0 Å². The van der Waals surface area contributed by atoms with Gasteiger partial charge in [-0.1, -0.05) is 17.7 Å². The third kappa shape index (κ3) is 7.26. The zero-order valence-corrected chi connectivity index (χ0v) is 32.9. The molecule has 0 spiro atoms. The second-order valence-electron chi connectivity index (χ2n) is 16.3. The molecule has 1 N–H and O–H groups in total. The third-order valence-electron chi connectivity index (χ3n) is 12.9. The van der Waals surface area contributed by atoms with Gasteiger partial charge in [0.15, 0.2) is 0 Å². The quantitative estimate of drug-likeness (QED) is 0.246. The number of fused-ring (bicyclic) bond motifs is 3. The first-order valence-electron chi connectivity index (χ1n) is 20.3. The summed E-state index contributed by atoms with van der Waals surface area (Å²) in [6.07, 6.45) is 7.41. The lowest BCUT2D eigenvalue weighted by Gasteiger charge is -2.40. The Hall–Kier alpha value is -5.52. The van der Waals surface area contributed by atoms with Gasteiger partial charge in [0, 0.05) is 89.0 Å². The number of anilines is 2. The Bertz CT molecular complexity index is 2180. The molecule has 0 saturated carbocycles. The number of piperidine rings is 3. The Balaban J connectivity index is 0.730. The molecule has 14 nitrogen and oxygen atoms in total. The Morgan fingerprint density at radius 1 is 0.845 bits per heavy atom. The van der Waals surface area contributed by atoms with E-state index in [0.717, 1.165) is 101 Å². The van der Waals surface area contributed by atoms with E-state index in [2.05, 4.69) is 24.9 Å². The van der Waals surface area contributed by atoms with E-state index >= 15 is 0 Å². The van der Waals surface area contributed by atoms with Crippen LogP contribution >= 0.6 is 11.6 Å². The van der Waals surface area contributed by atoms with Crippen molar-refractivity contribution >= 4 is 58.3 Å². The Labute approximate surface area is 341 Å². The maximum atomic E-state index is 13.7. The van der Waals surface area contributed by atoms with Crippen LogP contribution in [0.5, 0.6) is 5.75 Å². The second kappa shape index (κ2) is 15.7. The number of imide groups is 2. The van der Waals surface area contributed by atoms with Crippen LogP contribution in [0, 0.1) is 12.5 Å². The molecule has 3 aromatic rings. The maximum Gasteiger partial charge on any atom is 0.262 e. The van der Waals surface area contributed by atoms with E-state index in [1.54, 1.807) is 36.5 Å². The third-order valence-corrected chi connectivity index (χ3v) is 13.2. The molecule has 5 fully saturated rings. The fourth-order valence-corrected chi connectivity index (χ4v) is 10.0. The molecule has 58 heavy (non-hydrogen) atoms. The number of halogens is 1. The van der Waals surface area contributed by atoms with Gasteiger partial charge in [-0.25, -0.2) is 9.83 Å².